The van der Waals surface area contributed by atoms with Crippen LogP contribution in [0.2, 0.25) is 0 Å². The van der Waals surface area contributed by atoms with Gasteiger partial charge >= 0.3 is 15.6 Å². The van der Waals surface area contributed by atoms with Gasteiger partial charge in [-0.25, -0.2) is 9.07 Å². The zero-order chi connectivity index (χ0) is 20.5. The van der Waals surface area contributed by atoms with Gasteiger partial charge in [0.2, 0.25) is 0 Å². The van der Waals surface area contributed by atoms with Gasteiger partial charge in [-0.05, 0) is 37.5 Å². The van der Waals surface area contributed by atoms with Gasteiger partial charge in [-0.15, -0.1) is 0 Å². The maximum Gasteiger partial charge on any atom is 0.534 e. The number of halogens is 4. The number of hydrogen-bond acceptors (Lipinski definition) is 6. The summed E-state index contributed by atoms with van der Waals surface area (Å²) in [4.78, 5) is 0. The number of rotatable bonds is 4. The maximum absolute atomic E-state index is 14.2. The van der Waals surface area contributed by atoms with E-state index in [4.69, 9.17) is 4.74 Å². The van der Waals surface area contributed by atoms with E-state index in [2.05, 4.69) is 9.28 Å². The lowest BCUT2D eigenvalue weighted by Crippen LogP contribution is -2.28. The zero-order valence-electron chi connectivity index (χ0n) is 14.1. The van der Waals surface area contributed by atoms with Crippen LogP contribution in [-0.4, -0.2) is 30.3 Å². The Morgan fingerprint density at radius 1 is 1.29 bits per heavy atom. The summed E-state index contributed by atoms with van der Waals surface area (Å²) in [7, 11) is -6.03. The summed E-state index contributed by atoms with van der Waals surface area (Å²) >= 11 is 0. The summed E-state index contributed by atoms with van der Waals surface area (Å²) < 4.78 is 86.3. The van der Waals surface area contributed by atoms with Crippen molar-refractivity contribution in [3.63, 3.8) is 0 Å². The first-order valence-corrected chi connectivity index (χ1v) is 9.45. The third kappa shape index (κ3) is 3.67. The van der Waals surface area contributed by atoms with Crippen molar-refractivity contribution in [3.05, 3.63) is 35.8 Å². The maximum atomic E-state index is 14.2. The van der Waals surface area contributed by atoms with E-state index < -0.39 is 44.5 Å². The molecule has 0 spiro atoms. The molecule has 0 amide bonds. The summed E-state index contributed by atoms with van der Waals surface area (Å²) in [5.41, 5.74) is -6.83. The van der Waals surface area contributed by atoms with Crippen molar-refractivity contribution < 1.29 is 34.9 Å². The molecule has 0 bridgehead atoms. The van der Waals surface area contributed by atoms with Crippen molar-refractivity contribution in [1.82, 2.24) is 9.78 Å². The highest BCUT2D eigenvalue weighted by Crippen LogP contribution is 2.39. The van der Waals surface area contributed by atoms with Gasteiger partial charge in [0, 0.05) is 12.8 Å². The molecule has 1 atom stereocenters. The first-order valence-electron chi connectivity index (χ1n) is 8.04. The number of benzene rings is 1. The predicted molar refractivity (Wildman–Crippen MR) is 86.8 cm³/mol. The van der Waals surface area contributed by atoms with Crippen LogP contribution in [0.3, 0.4) is 0 Å². The zero-order valence-corrected chi connectivity index (χ0v) is 14.9. The minimum Gasteiger partial charge on any atom is -0.375 e. The molecular formula is C16H13F4N3O4S. The summed E-state index contributed by atoms with van der Waals surface area (Å²) in [6, 6.07) is 4.21. The second-order valence-corrected chi connectivity index (χ2v) is 7.41. The standard InChI is InChI=1S/C16H13F4N3O4S/c17-11-4-5-13(27-28(24,25)16(18,19)20)15(10(11)9-21)12-6-7-22-23(12)14-3-1-2-8-26-14/h4-7,14H,1-3,8H2. The predicted octanol–water partition coefficient (Wildman–Crippen LogP) is 3.49. The van der Waals surface area contributed by atoms with Crippen molar-refractivity contribution in [2.75, 3.05) is 6.61 Å². The highest BCUT2D eigenvalue weighted by atomic mass is 32.2. The van der Waals surface area contributed by atoms with Crippen molar-refractivity contribution in [2.45, 2.75) is 31.0 Å². The van der Waals surface area contributed by atoms with Crippen LogP contribution >= 0.6 is 0 Å². The lowest BCUT2D eigenvalue weighted by molar-refractivity contribution is -0.0500. The summed E-state index contributed by atoms with van der Waals surface area (Å²) in [5, 5.41) is 13.3. The first-order chi connectivity index (χ1) is 13.2. The van der Waals surface area contributed by atoms with E-state index in [1.54, 1.807) is 0 Å². The fourth-order valence-electron chi connectivity index (χ4n) is 2.81. The third-order valence-electron chi connectivity index (χ3n) is 4.07. The number of nitriles is 1. The van der Waals surface area contributed by atoms with Crippen molar-refractivity contribution >= 4 is 10.1 Å². The Balaban J connectivity index is 2.17. The van der Waals surface area contributed by atoms with Gasteiger partial charge in [0.15, 0.2) is 12.0 Å². The van der Waals surface area contributed by atoms with E-state index in [1.165, 1.54) is 23.0 Å². The Kier molecular flexibility index (Phi) is 5.31. The average molecular weight is 419 g/mol. The average Bonchev–Trinajstić information content (AvgIpc) is 3.11. The Bertz CT molecular complexity index is 1020. The summed E-state index contributed by atoms with van der Waals surface area (Å²) in [6.45, 7) is 0.421. The van der Waals surface area contributed by atoms with E-state index in [1.807, 2.05) is 0 Å². The second-order valence-electron chi connectivity index (χ2n) is 5.87. The Morgan fingerprint density at radius 3 is 2.64 bits per heavy atom. The number of alkyl halides is 3. The molecule has 1 aromatic heterocycles. The van der Waals surface area contributed by atoms with Crippen LogP contribution in [0.15, 0.2) is 24.4 Å². The van der Waals surface area contributed by atoms with Gasteiger partial charge in [0.05, 0.1) is 11.3 Å². The molecule has 2 heterocycles. The lowest BCUT2D eigenvalue weighted by Gasteiger charge is -2.25. The minimum atomic E-state index is -6.03. The van der Waals surface area contributed by atoms with E-state index >= 15 is 0 Å². The molecule has 2 aromatic rings. The van der Waals surface area contributed by atoms with Crippen molar-refractivity contribution in [1.29, 1.82) is 5.26 Å². The molecule has 28 heavy (non-hydrogen) atoms. The molecule has 7 nitrogen and oxygen atoms in total. The quantitative estimate of drug-likeness (QED) is 0.428. The molecule has 0 aliphatic carbocycles. The first kappa shape index (κ1) is 20.1. The normalized spacial score (nSPS) is 17.9. The van der Waals surface area contributed by atoms with E-state index in [0.29, 0.717) is 25.2 Å². The van der Waals surface area contributed by atoms with Crippen LogP contribution in [0.4, 0.5) is 17.6 Å². The number of nitrogens with zero attached hydrogens (tertiary/aromatic N) is 3. The second kappa shape index (κ2) is 7.40. The highest BCUT2D eigenvalue weighted by Gasteiger charge is 2.49. The minimum absolute atomic E-state index is 0.00433. The molecule has 1 aromatic carbocycles. The summed E-state index contributed by atoms with van der Waals surface area (Å²) in [5.74, 6) is -1.89. The van der Waals surface area contributed by atoms with E-state index in [-0.39, 0.29) is 5.69 Å². The fraction of sp³-hybridized carbons (Fsp3) is 0.375. The van der Waals surface area contributed by atoms with Gasteiger partial charge < -0.3 is 8.92 Å². The largest absolute Gasteiger partial charge is 0.534 e. The monoisotopic (exact) mass is 419 g/mol. The molecule has 0 saturated carbocycles. The third-order valence-corrected chi connectivity index (χ3v) is 5.03. The van der Waals surface area contributed by atoms with Crippen molar-refractivity contribution in [3.8, 4) is 23.1 Å². The molecule has 1 aliphatic heterocycles. The molecular weight excluding hydrogens is 406 g/mol. The van der Waals surface area contributed by atoms with Gasteiger partial charge in [-0.3, -0.25) is 0 Å². The van der Waals surface area contributed by atoms with Crippen LogP contribution in [0.5, 0.6) is 5.75 Å². The van der Waals surface area contributed by atoms with Gasteiger partial charge in [0.25, 0.3) is 0 Å². The van der Waals surface area contributed by atoms with Crippen LogP contribution in [0, 0.1) is 17.1 Å². The van der Waals surface area contributed by atoms with Gasteiger partial charge in [-0.2, -0.15) is 31.9 Å². The molecule has 3 rings (SSSR count). The Labute approximate surface area is 157 Å². The number of aromatic nitrogens is 2. The highest BCUT2D eigenvalue weighted by molar-refractivity contribution is 7.88. The van der Waals surface area contributed by atoms with Crippen molar-refractivity contribution in [2.24, 2.45) is 0 Å². The fourth-order valence-corrected chi connectivity index (χ4v) is 3.28. The molecule has 1 saturated heterocycles. The van der Waals surface area contributed by atoms with Gasteiger partial charge in [-0.1, -0.05) is 0 Å². The summed E-state index contributed by atoms with van der Waals surface area (Å²) in [6.07, 6.45) is 2.82. The lowest BCUT2D eigenvalue weighted by atomic mass is 10.0. The van der Waals surface area contributed by atoms with Crippen LogP contribution < -0.4 is 4.18 Å². The SMILES string of the molecule is N#Cc1c(F)ccc(OS(=O)(=O)C(F)(F)F)c1-c1ccnn1C1CCCCO1. The number of hydrogen-bond donors (Lipinski definition) is 0. The topological polar surface area (TPSA) is 94.2 Å². The smallest absolute Gasteiger partial charge is 0.375 e. The molecule has 1 fully saturated rings. The molecule has 0 N–H and O–H groups in total. The molecule has 150 valence electrons. The van der Waals surface area contributed by atoms with E-state index in [0.717, 1.165) is 12.8 Å². The van der Waals surface area contributed by atoms with Crippen LogP contribution in [0.25, 0.3) is 11.3 Å². The van der Waals surface area contributed by atoms with E-state index in [9.17, 15) is 31.2 Å². The van der Waals surface area contributed by atoms with Gasteiger partial charge in [0.1, 0.15) is 17.4 Å². The molecule has 12 heteroatoms. The molecule has 1 unspecified atom stereocenters. The molecule has 0 radical (unpaired) electrons. The van der Waals surface area contributed by atoms with Crippen LogP contribution in [-0.2, 0) is 14.9 Å². The Morgan fingerprint density at radius 2 is 2.04 bits per heavy atom. The Hall–Kier alpha value is -2.65. The number of ether oxygens (including phenoxy) is 1. The van der Waals surface area contributed by atoms with Crippen LogP contribution in [0.1, 0.15) is 31.1 Å². The molecule has 1 aliphatic rings.